The van der Waals surface area contributed by atoms with Gasteiger partial charge in [-0.05, 0) is 13.3 Å². The van der Waals surface area contributed by atoms with E-state index in [1.54, 1.807) is 0 Å². The summed E-state index contributed by atoms with van der Waals surface area (Å²) in [4.78, 5) is 0. The van der Waals surface area contributed by atoms with E-state index < -0.39 is 0 Å². The van der Waals surface area contributed by atoms with Crippen LogP contribution in [0.15, 0.2) is 0 Å². The minimum absolute atomic E-state index is 0.00255. The molecule has 0 unspecified atom stereocenters. The Labute approximate surface area is 67.0 Å². The number of hydrogen-bond donors (Lipinski definition) is 2. The van der Waals surface area contributed by atoms with E-state index in [4.69, 9.17) is 9.84 Å². The van der Waals surface area contributed by atoms with Crippen molar-refractivity contribution in [1.29, 1.82) is 0 Å². The highest BCUT2D eigenvalue weighted by molar-refractivity contribution is 4.80. The van der Waals surface area contributed by atoms with Crippen LogP contribution in [0.2, 0.25) is 0 Å². The molecule has 0 saturated carbocycles. The third-order valence-electron chi connectivity index (χ3n) is 2.35. The molecule has 0 radical (unpaired) electrons. The van der Waals surface area contributed by atoms with Crippen molar-refractivity contribution >= 4 is 0 Å². The summed E-state index contributed by atoms with van der Waals surface area (Å²) >= 11 is 0. The largest absolute Gasteiger partial charge is 0.394 e. The van der Waals surface area contributed by atoms with E-state index in [9.17, 15) is 5.11 Å². The Hall–Kier alpha value is -0.120. The van der Waals surface area contributed by atoms with Gasteiger partial charge in [-0.15, -0.1) is 0 Å². The van der Waals surface area contributed by atoms with Crippen molar-refractivity contribution in [1.82, 2.24) is 0 Å². The van der Waals surface area contributed by atoms with E-state index in [1.807, 2.05) is 13.8 Å². The van der Waals surface area contributed by atoms with E-state index in [0.29, 0.717) is 6.42 Å². The molecule has 1 heterocycles. The van der Waals surface area contributed by atoms with Crippen LogP contribution in [0.4, 0.5) is 0 Å². The highest BCUT2D eigenvalue weighted by Crippen LogP contribution is 2.24. The van der Waals surface area contributed by atoms with Gasteiger partial charge in [0.1, 0.15) is 0 Å². The van der Waals surface area contributed by atoms with Crippen LogP contribution in [0.25, 0.3) is 0 Å². The van der Waals surface area contributed by atoms with E-state index in [-0.39, 0.29) is 30.8 Å². The lowest BCUT2D eigenvalue weighted by atomic mass is 9.91. The van der Waals surface area contributed by atoms with Gasteiger partial charge in [0, 0.05) is 5.92 Å². The second kappa shape index (κ2) is 3.52. The summed E-state index contributed by atoms with van der Waals surface area (Å²) in [6.45, 7) is 3.82. The predicted molar refractivity (Wildman–Crippen MR) is 41.2 cm³/mol. The first-order valence-corrected chi connectivity index (χ1v) is 4.09. The topological polar surface area (TPSA) is 49.7 Å². The average Bonchev–Trinajstić information content (AvgIpc) is 1.96. The van der Waals surface area contributed by atoms with Gasteiger partial charge in [0.25, 0.3) is 0 Å². The zero-order valence-corrected chi connectivity index (χ0v) is 7.03. The normalized spacial score (nSPS) is 45.8. The van der Waals surface area contributed by atoms with Crippen LogP contribution < -0.4 is 0 Å². The third kappa shape index (κ3) is 1.92. The summed E-state index contributed by atoms with van der Waals surface area (Å²) in [6.07, 6.45) is 0.237. The molecule has 0 bridgehead atoms. The molecule has 1 aliphatic rings. The van der Waals surface area contributed by atoms with Crippen molar-refractivity contribution < 1.29 is 14.9 Å². The Bertz CT molecular complexity index is 127. The summed E-state index contributed by atoms with van der Waals surface area (Å²) in [7, 11) is 0. The standard InChI is InChI=1S/C8H16O3/c1-5-3-7(10)6(2)8(4-9)11-5/h5-10H,3-4H2,1-2H3/t5-,6+,7-,8-/m1/s1. The van der Waals surface area contributed by atoms with Crippen molar-refractivity contribution in [2.75, 3.05) is 6.61 Å². The molecular weight excluding hydrogens is 144 g/mol. The first kappa shape index (κ1) is 8.97. The first-order valence-electron chi connectivity index (χ1n) is 4.09. The van der Waals surface area contributed by atoms with Gasteiger partial charge in [0.15, 0.2) is 0 Å². The highest BCUT2D eigenvalue weighted by atomic mass is 16.5. The fraction of sp³-hybridized carbons (Fsp3) is 1.00. The molecule has 0 aromatic carbocycles. The maximum Gasteiger partial charge on any atom is 0.0859 e. The van der Waals surface area contributed by atoms with E-state index in [0.717, 1.165) is 0 Å². The molecule has 1 aliphatic heterocycles. The maximum atomic E-state index is 9.46. The van der Waals surface area contributed by atoms with Crippen LogP contribution >= 0.6 is 0 Å². The molecule has 1 saturated heterocycles. The molecule has 2 N–H and O–H groups in total. The SMILES string of the molecule is C[C@H]1[C@H](O)C[C@@H](C)O[C@@H]1CO. The van der Waals surface area contributed by atoms with Gasteiger partial charge in [-0.25, -0.2) is 0 Å². The zero-order chi connectivity index (χ0) is 8.43. The lowest BCUT2D eigenvalue weighted by Crippen LogP contribution is -2.43. The average molecular weight is 160 g/mol. The maximum absolute atomic E-state index is 9.46. The van der Waals surface area contributed by atoms with Crippen molar-refractivity contribution in [2.24, 2.45) is 5.92 Å². The molecule has 3 nitrogen and oxygen atoms in total. The van der Waals surface area contributed by atoms with Crippen LogP contribution in [0.5, 0.6) is 0 Å². The molecule has 1 fully saturated rings. The van der Waals surface area contributed by atoms with Gasteiger partial charge in [0.05, 0.1) is 24.9 Å². The number of ether oxygens (including phenoxy) is 1. The van der Waals surface area contributed by atoms with Crippen molar-refractivity contribution in [3.8, 4) is 0 Å². The summed E-state index contributed by atoms with van der Waals surface area (Å²) in [5.74, 6) is 0.0520. The smallest absolute Gasteiger partial charge is 0.0859 e. The number of rotatable bonds is 1. The monoisotopic (exact) mass is 160 g/mol. The zero-order valence-electron chi connectivity index (χ0n) is 7.03. The summed E-state index contributed by atoms with van der Waals surface area (Å²) in [6, 6.07) is 0. The van der Waals surface area contributed by atoms with Crippen LogP contribution in [0.1, 0.15) is 20.3 Å². The lowest BCUT2D eigenvalue weighted by Gasteiger charge is -2.35. The number of hydrogen-bond acceptors (Lipinski definition) is 3. The van der Waals surface area contributed by atoms with Gasteiger partial charge in [0.2, 0.25) is 0 Å². The van der Waals surface area contributed by atoms with Gasteiger partial charge in [-0.1, -0.05) is 6.92 Å². The van der Waals surface area contributed by atoms with Crippen LogP contribution in [0.3, 0.4) is 0 Å². The molecule has 4 atom stereocenters. The minimum Gasteiger partial charge on any atom is -0.394 e. The first-order chi connectivity index (χ1) is 5.15. The Morgan fingerprint density at radius 2 is 2.09 bits per heavy atom. The second-order valence-corrected chi connectivity index (χ2v) is 3.33. The molecule has 0 aromatic rings. The fourth-order valence-electron chi connectivity index (χ4n) is 1.49. The molecule has 66 valence electrons. The molecule has 0 aromatic heterocycles. The molecule has 11 heavy (non-hydrogen) atoms. The highest BCUT2D eigenvalue weighted by Gasteiger charge is 2.32. The van der Waals surface area contributed by atoms with Crippen molar-refractivity contribution in [2.45, 2.75) is 38.6 Å². The van der Waals surface area contributed by atoms with Gasteiger partial charge in [-0.3, -0.25) is 0 Å². The molecule has 3 heteroatoms. The van der Waals surface area contributed by atoms with Gasteiger partial charge in [-0.2, -0.15) is 0 Å². The molecule has 1 rings (SSSR count). The second-order valence-electron chi connectivity index (χ2n) is 3.33. The third-order valence-corrected chi connectivity index (χ3v) is 2.35. The lowest BCUT2D eigenvalue weighted by molar-refractivity contribution is -0.138. The number of aliphatic hydroxyl groups is 2. The predicted octanol–water partition coefficient (Wildman–Crippen LogP) is 0.153. The van der Waals surface area contributed by atoms with Gasteiger partial charge < -0.3 is 14.9 Å². The van der Waals surface area contributed by atoms with E-state index in [1.165, 1.54) is 0 Å². The van der Waals surface area contributed by atoms with Crippen LogP contribution in [-0.2, 0) is 4.74 Å². The van der Waals surface area contributed by atoms with Gasteiger partial charge >= 0.3 is 0 Å². The summed E-state index contributed by atoms with van der Waals surface area (Å²) in [5, 5.41) is 18.3. The van der Waals surface area contributed by atoms with Crippen LogP contribution in [-0.4, -0.2) is 35.1 Å². The molecule has 0 spiro atoms. The molecular formula is C8H16O3. The Balaban J connectivity index is 2.51. The summed E-state index contributed by atoms with van der Waals surface area (Å²) < 4.78 is 5.41. The summed E-state index contributed by atoms with van der Waals surface area (Å²) in [5.41, 5.74) is 0. The Kier molecular flexibility index (Phi) is 2.87. The minimum atomic E-state index is -0.323. The quantitative estimate of drug-likeness (QED) is 0.574. The van der Waals surface area contributed by atoms with E-state index in [2.05, 4.69) is 0 Å². The Morgan fingerprint density at radius 1 is 1.45 bits per heavy atom. The molecule has 0 amide bonds. The van der Waals surface area contributed by atoms with Crippen LogP contribution in [0, 0.1) is 5.92 Å². The number of aliphatic hydroxyl groups excluding tert-OH is 2. The van der Waals surface area contributed by atoms with E-state index >= 15 is 0 Å². The molecule has 0 aliphatic carbocycles. The fourth-order valence-corrected chi connectivity index (χ4v) is 1.49. The Morgan fingerprint density at radius 3 is 2.64 bits per heavy atom. The van der Waals surface area contributed by atoms with Crippen molar-refractivity contribution in [3.63, 3.8) is 0 Å². The van der Waals surface area contributed by atoms with Crippen molar-refractivity contribution in [3.05, 3.63) is 0 Å².